The molecule has 2 heteroatoms. The normalized spacial score (nSPS) is 9.58. The van der Waals surface area contributed by atoms with E-state index in [4.69, 9.17) is 23.2 Å². The maximum absolute atomic E-state index is 5.71. The number of unbranched alkanes of at least 4 members (excludes halogenated alkanes) is 2. The quantitative estimate of drug-likeness (QED) is 0.337. The van der Waals surface area contributed by atoms with Gasteiger partial charge in [0, 0.05) is 24.6 Å². The van der Waals surface area contributed by atoms with Gasteiger partial charge in [-0.1, -0.05) is 66.1 Å². The van der Waals surface area contributed by atoms with Crippen molar-refractivity contribution in [1.82, 2.24) is 0 Å². The first-order valence-corrected chi connectivity index (χ1v) is 9.21. The monoisotopic (exact) mass is 354 g/mol. The summed E-state index contributed by atoms with van der Waals surface area (Å²) in [5.41, 5.74) is 1.98. The molecule has 0 saturated carbocycles. The van der Waals surface area contributed by atoms with Gasteiger partial charge < -0.3 is 0 Å². The van der Waals surface area contributed by atoms with Crippen molar-refractivity contribution < 1.29 is 0 Å². The predicted molar refractivity (Wildman–Crippen MR) is 107 cm³/mol. The molecule has 0 saturated heterocycles. The van der Waals surface area contributed by atoms with E-state index in [2.05, 4.69) is 72.2 Å². The number of halogens is 2. The van der Waals surface area contributed by atoms with Crippen LogP contribution in [0.4, 0.5) is 0 Å². The van der Waals surface area contributed by atoms with E-state index in [0.717, 1.165) is 36.8 Å². The summed E-state index contributed by atoms with van der Waals surface area (Å²) in [7, 11) is 0. The minimum atomic E-state index is 0.637. The van der Waals surface area contributed by atoms with Crippen molar-refractivity contribution >= 4 is 40.1 Å². The van der Waals surface area contributed by atoms with E-state index < -0.39 is 0 Å². The van der Waals surface area contributed by atoms with Crippen LogP contribution in [0.2, 0.25) is 0 Å². The number of allylic oxidation sites excluding steroid dienone is 1. The van der Waals surface area contributed by atoms with Gasteiger partial charge in [-0.2, -0.15) is 0 Å². The lowest BCUT2D eigenvalue weighted by molar-refractivity contribution is 0.990. The third-order valence-corrected chi connectivity index (χ3v) is 3.97. The van der Waals surface area contributed by atoms with Gasteiger partial charge in [-0.25, -0.2) is 0 Å². The van der Waals surface area contributed by atoms with Gasteiger partial charge in [-0.3, -0.25) is 0 Å². The van der Waals surface area contributed by atoms with E-state index in [1.165, 1.54) is 10.8 Å². The van der Waals surface area contributed by atoms with E-state index in [0.29, 0.717) is 11.8 Å². The number of rotatable bonds is 5. The van der Waals surface area contributed by atoms with Crippen LogP contribution in [-0.4, -0.2) is 11.8 Å². The molecule has 0 aliphatic heterocycles. The summed E-state index contributed by atoms with van der Waals surface area (Å²) in [4.78, 5) is 0. The van der Waals surface area contributed by atoms with Crippen molar-refractivity contribution in [1.29, 1.82) is 0 Å². The average molecular weight is 355 g/mol. The molecule has 122 valence electrons. The maximum atomic E-state index is 5.71. The summed E-state index contributed by atoms with van der Waals surface area (Å²) in [6, 6.07) is 14.6. The van der Waals surface area contributed by atoms with Crippen molar-refractivity contribution in [2.24, 2.45) is 0 Å². The van der Waals surface area contributed by atoms with Gasteiger partial charge in [-0.05, 0) is 35.3 Å². The Labute approximate surface area is 154 Å². The summed E-state index contributed by atoms with van der Waals surface area (Å²) >= 11 is 11.4. The lowest BCUT2D eigenvalue weighted by atomic mass is 10.0. The first kappa shape index (κ1) is 18.5. The van der Waals surface area contributed by atoms with Gasteiger partial charge in [0.2, 0.25) is 0 Å². The largest absolute Gasteiger partial charge is 0.127 e. The number of hydrogen-bond acceptors (Lipinski definition) is 0. The molecule has 0 bridgehead atoms. The van der Waals surface area contributed by atoms with E-state index in [-0.39, 0.29) is 0 Å². The highest BCUT2D eigenvalue weighted by Crippen LogP contribution is 2.20. The summed E-state index contributed by atoms with van der Waals surface area (Å²) in [6.45, 7) is 0. The summed E-state index contributed by atoms with van der Waals surface area (Å²) in [5.74, 6) is 14.0. The third-order valence-electron chi connectivity index (χ3n) is 3.44. The van der Waals surface area contributed by atoms with E-state index in [9.17, 15) is 0 Å². The highest BCUT2D eigenvalue weighted by atomic mass is 35.5. The van der Waals surface area contributed by atoms with Crippen LogP contribution in [0.5, 0.6) is 0 Å². The van der Waals surface area contributed by atoms with Gasteiger partial charge in [0.1, 0.15) is 0 Å². The second-order valence-corrected chi connectivity index (χ2v) is 6.07. The van der Waals surface area contributed by atoms with Crippen LogP contribution in [-0.2, 0) is 0 Å². The molecule has 0 unspecified atom stereocenters. The molecular formula is C22H20Cl2. The Kier molecular flexibility index (Phi) is 8.34. The number of fused-ring (bicyclic) bond motifs is 1. The molecule has 2 rings (SSSR count). The van der Waals surface area contributed by atoms with Crippen LogP contribution in [0.15, 0.2) is 48.0 Å². The molecule has 0 heterocycles. The Morgan fingerprint density at radius 1 is 0.833 bits per heavy atom. The van der Waals surface area contributed by atoms with Crippen molar-refractivity contribution in [3.8, 4) is 23.7 Å². The van der Waals surface area contributed by atoms with Crippen molar-refractivity contribution in [2.75, 3.05) is 11.8 Å². The Balaban J connectivity index is 2.33. The highest BCUT2D eigenvalue weighted by Gasteiger charge is 1.98. The van der Waals surface area contributed by atoms with Crippen LogP contribution in [0.25, 0.3) is 16.8 Å². The van der Waals surface area contributed by atoms with Gasteiger partial charge in [0.05, 0.1) is 5.57 Å². The minimum absolute atomic E-state index is 0.637. The topological polar surface area (TPSA) is 0 Å². The maximum Gasteiger partial charge on any atom is 0.0750 e. The molecule has 0 fully saturated rings. The standard InChI is InChI=1S/C22H20Cl2/c23-16-7-1-3-10-19(11-4-2-8-17-24)18-21-14-9-13-20-12-5-6-15-22(20)21/h5-6,9,12-15,18H,1-2,7-8,16-17H2. The van der Waals surface area contributed by atoms with Gasteiger partial charge in [0.25, 0.3) is 0 Å². The molecule has 0 aliphatic carbocycles. The van der Waals surface area contributed by atoms with Crippen LogP contribution in [0.1, 0.15) is 31.2 Å². The molecule has 0 atom stereocenters. The Hall–Kier alpha value is -1.86. The summed E-state index contributed by atoms with van der Waals surface area (Å²) in [5, 5.41) is 2.43. The summed E-state index contributed by atoms with van der Waals surface area (Å²) in [6.07, 6.45) is 5.45. The minimum Gasteiger partial charge on any atom is -0.127 e. The SMILES string of the molecule is ClCCCC#CC(C#CCCCCl)=Cc1cccc2ccccc12. The molecule has 0 N–H and O–H groups in total. The molecule has 2 aromatic rings. The molecule has 24 heavy (non-hydrogen) atoms. The predicted octanol–water partition coefficient (Wildman–Crippen LogP) is 6.27. The van der Waals surface area contributed by atoms with Crippen LogP contribution in [0, 0.1) is 23.7 Å². The fraction of sp³-hybridized carbons (Fsp3) is 0.273. The number of alkyl halides is 2. The smallest absolute Gasteiger partial charge is 0.0750 e. The highest BCUT2D eigenvalue weighted by molar-refractivity contribution is 6.18. The first-order chi connectivity index (χ1) is 11.8. The van der Waals surface area contributed by atoms with Crippen molar-refractivity contribution in [3.05, 3.63) is 53.6 Å². The Morgan fingerprint density at radius 2 is 1.46 bits per heavy atom. The summed E-state index contributed by atoms with van der Waals surface area (Å²) < 4.78 is 0. The van der Waals surface area contributed by atoms with E-state index in [1.54, 1.807) is 0 Å². The molecule has 0 nitrogen and oxygen atoms in total. The Bertz CT molecular complexity index is 777. The zero-order valence-corrected chi connectivity index (χ0v) is 15.1. The van der Waals surface area contributed by atoms with E-state index >= 15 is 0 Å². The fourth-order valence-electron chi connectivity index (χ4n) is 2.26. The van der Waals surface area contributed by atoms with Gasteiger partial charge in [-0.15, -0.1) is 23.2 Å². The molecular weight excluding hydrogens is 335 g/mol. The second kappa shape index (κ2) is 10.8. The Morgan fingerprint density at radius 3 is 2.12 bits per heavy atom. The first-order valence-electron chi connectivity index (χ1n) is 8.14. The van der Waals surface area contributed by atoms with Crippen LogP contribution >= 0.6 is 23.2 Å². The number of benzene rings is 2. The zero-order valence-electron chi connectivity index (χ0n) is 13.6. The van der Waals surface area contributed by atoms with E-state index in [1.807, 2.05) is 0 Å². The molecule has 0 amide bonds. The number of hydrogen-bond donors (Lipinski definition) is 0. The molecule has 0 radical (unpaired) electrons. The molecule has 2 aromatic carbocycles. The fourth-order valence-corrected chi connectivity index (χ4v) is 2.53. The lowest BCUT2D eigenvalue weighted by Gasteiger charge is -2.02. The average Bonchev–Trinajstić information content (AvgIpc) is 2.62. The van der Waals surface area contributed by atoms with Crippen LogP contribution in [0.3, 0.4) is 0 Å². The second-order valence-electron chi connectivity index (χ2n) is 5.32. The lowest BCUT2D eigenvalue weighted by Crippen LogP contribution is -1.81. The molecule has 0 spiro atoms. The van der Waals surface area contributed by atoms with Gasteiger partial charge in [0.15, 0.2) is 0 Å². The third kappa shape index (κ3) is 5.98. The van der Waals surface area contributed by atoms with Crippen molar-refractivity contribution in [3.63, 3.8) is 0 Å². The van der Waals surface area contributed by atoms with Crippen molar-refractivity contribution in [2.45, 2.75) is 25.7 Å². The zero-order chi connectivity index (χ0) is 17.0. The van der Waals surface area contributed by atoms with Gasteiger partial charge >= 0.3 is 0 Å². The van der Waals surface area contributed by atoms with Crippen LogP contribution < -0.4 is 0 Å². The molecule has 0 aromatic heterocycles. The molecule has 0 aliphatic rings.